The second-order valence-electron chi connectivity index (χ2n) is 9.52. The molecule has 0 aliphatic carbocycles. The van der Waals surface area contributed by atoms with E-state index < -0.39 is 17.7 Å². The summed E-state index contributed by atoms with van der Waals surface area (Å²) in [5.41, 5.74) is -0.505. The zero-order valence-electron chi connectivity index (χ0n) is 19.4. The van der Waals surface area contributed by atoms with E-state index in [4.69, 9.17) is 14.5 Å². The van der Waals surface area contributed by atoms with Crippen LogP contribution in [0.4, 0.5) is 24.7 Å². The van der Waals surface area contributed by atoms with Gasteiger partial charge >= 0.3 is 12.0 Å². The monoisotopic (exact) mass is 509 g/mol. The van der Waals surface area contributed by atoms with Crippen LogP contribution in [0.3, 0.4) is 0 Å². The first kappa shape index (κ1) is 23.5. The Balaban J connectivity index is 1.65. The van der Waals surface area contributed by atoms with Crippen molar-refractivity contribution in [2.24, 2.45) is 0 Å². The van der Waals surface area contributed by atoms with E-state index in [1.54, 1.807) is 6.07 Å². The highest BCUT2D eigenvalue weighted by Gasteiger charge is 2.58. The summed E-state index contributed by atoms with van der Waals surface area (Å²) in [5.74, 6) is -3.39. The Hall–Kier alpha value is -2.94. The number of aromatic amines is 1. The van der Waals surface area contributed by atoms with E-state index in [0.717, 1.165) is 17.5 Å². The van der Waals surface area contributed by atoms with Crippen LogP contribution in [0.1, 0.15) is 25.5 Å². The number of pyridine rings is 1. The molecule has 3 atom stereocenters. The lowest BCUT2D eigenvalue weighted by atomic mass is 10.1. The van der Waals surface area contributed by atoms with Crippen LogP contribution in [0.2, 0.25) is 0 Å². The first-order valence-electron chi connectivity index (χ1n) is 11.8. The molecule has 194 valence electrons. The Morgan fingerprint density at radius 3 is 2.50 bits per heavy atom. The zero-order valence-corrected chi connectivity index (χ0v) is 19.4. The van der Waals surface area contributed by atoms with Crippen LogP contribution in [0.15, 0.2) is 18.3 Å². The predicted molar refractivity (Wildman–Crippen MR) is 121 cm³/mol. The van der Waals surface area contributed by atoms with Gasteiger partial charge in [-0.25, -0.2) is 4.98 Å². The molecule has 3 aromatic heterocycles. The average molecular weight is 509 g/mol. The van der Waals surface area contributed by atoms with Crippen molar-refractivity contribution in [1.29, 1.82) is 0 Å². The number of nitrogens with zero attached hydrogens (tertiary/aromatic N) is 6. The smallest absolute Gasteiger partial charge is 0.377 e. The lowest BCUT2D eigenvalue weighted by Crippen LogP contribution is -2.47. The van der Waals surface area contributed by atoms with Crippen molar-refractivity contribution in [3.05, 3.63) is 24.0 Å². The molecule has 6 rings (SSSR count). The molecule has 2 bridgehead atoms. The van der Waals surface area contributed by atoms with Crippen molar-refractivity contribution in [2.45, 2.75) is 49.9 Å². The number of halogens is 3. The van der Waals surface area contributed by atoms with Gasteiger partial charge in [0.25, 0.3) is 0 Å². The van der Waals surface area contributed by atoms with Crippen LogP contribution in [-0.2, 0) is 15.3 Å². The first-order chi connectivity index (χ1) is 17.2. The van der Waals surface area contributed by atoms with Crippen LogP contribution < -0.4 is 9.80 Å². The molecule has 0 aromatic carbocycles. The number of nitrogens with one attached hydrogen (secondary N) is 1. The molecular formula is C22H26F3N7O4. The van der Waals surface area contributed by atoms with Gasteiger partial charge in [0.1, 0.15) is 11.5 Å². The molecule has 2 unspecified atom stereocenters. The summed E-state index contributed by atoms with van der Waals surface area (Å²) in [4.78, 5) is 8.84. The molecule has 3 fully saturated rings. The number of ether oxygens (including phenoxy) is 2. The molecular weight excluding hydrogens is 483 g/mol. The maximum absolute atomic E-state index is 13.9. The fourth-order valence-corrected chi connectivity index (χ4v) is 5.44. The van der Waals surface area contributed by atoms with Gasteiger partial charge in [-0.05, 0) is 19.8 Å². The van der Waals surface area contributed by atoms with Gasteiger partial charge in [-0.3, -0.25) is 5.10 Å². The Bertz CT molecular complexity index is 1250. The second kappa shape index (κ2) is 8.30. The number of hydrogen-bond donors (Lipinski definition) is 3. The lowest BCUT2D eigenvalue weighted by molar-refractivity contribution is -0.359. The largest absolute Gasteiger partial charge is 0.449 e. The lowest BCUT2D eigenvalue weighted by Gasteiger charge is -2.38. The highest BCUT2D eigenvalue weighted by molar-refractivity contribution is 5.95. The Morgan fingerprint density at radius 2 is 1.86 bits per heavy atom. The highest BCUT2D eigenvalue weighted by atomic mass is 19.4. The van der Waals surface area contributed by atoms with E-state index in [1.165, 1.54) is 12.3 Å². The maximum Gasteiger partial charge on any atom is 0.449 e. The first-order valence-corrected chi connectivity index (χ1v) is 11.8. The van der Waals surface area contributed by atoms with Crippen LogP contribution >= 0.6 is 0 Å². The van der Waals surface area contributed by atoms with E-state index >= 15 is 0 Å². The number of morpholine rings is 2. The minimum atomic E-state index is -5.40. The summed E-state index contributed by atoms with van der Waals surface area (Å²) in [6.07, 6.45) is -2.14. The molecule has 3 N–H and O–H groups in total. The SMILES string of the molecule is C[C@@H]1COCCN1c1cc(N2C3CCC2COC3)nc2c1c(C(O)(O)C(F)(F)F)nn2-c1ccn[nH]1. The van der Waals surface area contributed by atoms with Crippen LogP contribution in [0.5, 0.6) is 0 Å². The molecule has 3 aliphatic rings. The summed E-state index contributed by atoms with van der Waals surface area (Å²) < 4.78 is 54.1. The zero-order chi connectivity index (χ0) is 25.2. The van der Waals surface area contributed by atoms with Crippen molar-refractivity contribution in [3.8, 4) is 5.82 Å². The van der Waals surface area contributed by atoms with E-state index in [-0.39, 0.29) is 35.0 Å². The third-order valence-corrected chi connectivity index (χ3v) is 7.23. The number of anilines is 2. The topological polar surface area (TPSA) is 125 Å². The van der Waals surface area contributed by atoms with Crippen molar-refractivity contribution >= 4 is 22.5 Å². The number of aromatic nitrogens is 5. The standard InChI is InChI=1S/C22H26F3N7O4/c1-12-9-35-7-6-30(12)15-8-17(31-13-2-3-14(31)11-36-10-13)27-20-18(15)19(21(33,34)22(23,24)25)29-32(20)16-4-5-26-28-16/h4-5,8,12-14,33-34H,2-3,6-7,9-11H2,1H3,(H,26,28)/t12-,13?,14?/m1/s1. The van der Waals surface area contributed by atoms with Crippen LogP contribution in [0.25, 0.3) is 16.9 Å². The third kappa shape index (κ3) is 3.54. The number of rotatable bonds is 4. The normalized spacial score (nSPS) is 25.2. The summed E-state index contributed by atoms with van der Waals surface area (Å²) in [7, 11) is 0. The Labute approximate surface area is 203 Å². The van der Waals surface area contributed by atoms with Crippen molar-refractivity contribution in [3.63, 3.8) is 0 Å². The molecule has 0 spiro atoms. The third-order valence-electron chi connectivity index (χ3n) is 7.23. The Morgan fingerprint density at radius 1 is 1.11 bits per heavy atom. The summed E-state index contributed by atoms with van der Waals surface area (Å²) in [6, 6.07) is 3.26. The highest BCUT2D eigenvalue weighted by Crippen LogP contribution is 2.45. The fraction of sp³-hybridized carbons (Fsp3) is 0.591. The molecule has 14 heteroatoms. The number of hydrogen-bond acceptors (Lipinski definition) is 9. The van der Waals surface area contributed by atoms with E-state index in [9.17, 15) is 23.4 Å². The predicted octanol–water partition coefficient (Wildman–Crippen LogP) is 1.44. The summed E-state index contributed by atoms with van der Waals surface area (Å²) >= 11 is 0. The number of H-pyrrole nitrogens is 1. The number of alkyl halides is 3. The molecule has 3 aliphatic heterocycles. The second-order valence-corrected chi connectivity index (χ2v) is 9.52. The maximum atomic E-state index is 13.9. The molecule has 11 nitrogen and oxygen atoms in total. The molecule has 0 saturated carbocycles. The number of aliphatic hydroxyl groups is 2. The summed E-state index contributed by atoms with van der Waals surface area (Å²) in [6.45, 7) is 4.12. The molecule has 3 saturated heterocycles. The van der Waals surface area contributed by atoms with Gasteiger partial charge in [0.15, 0.2) is 11.5 Å². The van der Waals surface area contributed by atoms with Gasteiger partial charge < -0.3 is 29.5 Å². The van der Waals surface area contributed by atoms with E-state index in [2.05, 4.69) is 20.2 Å². The van der Waals surface area contributed by atoms with Gasteiger partial charge in [-0.2, -0.15) is 28.1 Å². The fourth-order valence-electron chi connectivity index (χ4n) is 5.44. The van der Waals surface area contributed by atoms with Crippen molar-refractivity contribution in [2.75, 3.05) is 42.8 Å². The van der Waals surface area contributed by atoms with Gasteiger partial charge in [0.05, 0.1) is 55.8 Å². The van der Waals surface area contributed by atoms with E-state index in [1.807, 2.05) is 11.8 Å². The number of fused-ring (bicyclic) bond motifs is 3. The minimum absolute atomic E-state index is 0.0584. The average Bonchev–Trinajstić information content (AvgIpc) is 3.55. The Kier molecular flexibility index (Phi) is 5.41. The van der Waals surface area contributed by atoms with Gasteiger partial charge in [-0.1, -0.05) is 0 Å². The van der Waals surface area contributed by atoms with E-state index in [0.29, 0.717) is 44.5 Å². The molecule has 0 radical (unpaired) electrons. The van der Waals surface area contributed by atoms with Crippen LogP contribution in [-0.4, -0.2) is 92.4 Å². The van der Waals surface area contributed by atoms with Crippen molar-refractivity contribution < 1.29 is 32.9 Å². The minimum Gasteiger partial charge on any atom is -0.377 e. The molecule has 3 aromatic rings. The quantitative estimate of drug-likeness (QED) is 0.448. The van der Waals surface area contributed by atoms with Crippen LogP contribution in [0, 0.1) is 0 Å². The van der Waals surface area contributed by atoms with Gasteiger partial charge in [-0.15, -0.1) is 0 Å². The molecule has 36 heavy (non-hydrogen) atoms. The molecule has 6 heterocycles. The molecule has 0 amide bonds. The van der Waals surface area contributed by atoms with Gasteiger partial charge in [0.2, 0.25) is 0 Å². The van der Waals surface area contributed by atoms with Crippen molar-refractivity contribution in [1.82, 2.24) is 25.0 Å². The van der Waals surface area contributed by atoms with Gasteiger partial charge in [0, 0.05) is 24.7 Å². The summed E-state index contributed by atoms with van der Waals surface area (Å²) in [5, 5.41) is 31.3.